The number of pyridine rings is 1. The van der Waals surface area contributed by atoms with Crippen LogP contribution in [-0.4, -0.2) is 90.5 Å². The summed E-state index contributed by atoms with van der Waals surface area (Å²) in [4.78, 5) is 33.8. The van der Waals surface area contributed by atoms with Gasteiger partial charge in [-0.25, -0.2) is 9.78 Å². The molecule has 9 nitrogen and oxygen atoms in total. The number of aliphatic hydroxyl groups excluding tert-OH is 1. The molecule has 1 aliphatic carbocycles. The Morgan fingerprint density at radius 2 is 2.18 bits per heavy atom. The second kappa shape index (κ2) is 12.0. The van der Waals surface area contributed by atoms with Crippen LogP contribution in [0.25, 0.3) is 0 Å². The maximum Gasteiger partial charge on any atom is 0.317 e. The molecule has 2 N–H and O–H groups in total. The molecular weight excluding hydrogens is 436 g/mol. The van der Waals surface area contributed by atoms with Gasteiger partial charge in [-0.3, -0.25) is 4.79 Å². The number of rotatable bonds is 6. The van der Waals surface area contributed by atoms with Crippen molar-refractivity contribution < 1.29 is 24.2 Å². The number of likely N-dealkylation sites (N-methyl/N-ethyl adjacent to an activating group) is 1. The van der Waals surface area contributed by atoms with Crippen LogP contribution in [-0.2, 0) is 4.74 Å². The Labute approximate surface area is 201 Å². The molecule has 0 radical (unpaired) electrons. The highest BCUT2D eigenvalue weighted by Gasteiger charge is 2.35. The van der Waals surface area contributed by atoms with E-state index in [4.69, 9.17) is 9.47 Å². The van der Waals surface area contributed by atoms with Crippen molar-refractivity contribution >= 4 is 11.9 Å². The average Bonchev–Trinajstić information content (AvgIpc) is 3.34. The lowest BCUT2D eigenvalue weighted by atomic mass is 10.00. The summed E-state index contributed by atoms with van der Waals surface area (Å²) in [5, 5.41) is 12.9. The van der Waals surface area contributed by atoms with E-state index >= 15 is 0 Å². The summed E-state index contributed by atoms with van der Waals surface area (Å²) in [7, 11) is 3.31. The Morgan fingerprint density at radius 3 is 2.85 bits per heavy atom. The van der Waals surface area contributed by atoms with Crippen molar-refractivity contribution in [2.75, 3.05) is 40.5 Å². The monoisotopic (exact) mass is 472 g/mol. The Kier molecular flexibility index (Phi) is 9.13. The number of amides is 3. The molecule has 0 unspecified atom stereocenters. The number of hydrogen-bond acceptors (Lipinski definition) is 6. The van der Waals surface area contributed by atoms with Crippen LogP contribution in [0.1, 0.15) is 55.5 Å². The lowest BCUT2D eigenvalue weighted by Crippen LogP contribution is -2.52. The van der Waals surface area contributed by atoms with Crippen LogP contribution in [0.15, 0.2) is 12.3 Å². The first-order valence-corrected chi connectivity index (χ1v) is 11.9. The van der Waals surface area contributed by atoms with Crippen molar-refractivity contribution in [3.05, 3.63) is 23.4 Å². The highest BCUT2D eigenvalue weighted by molar-refractivity contribution is 5.97. The normalized spacial score (nSPS) is 21.4. The molecule has 2 heterocycles. The Hall–Kier alpha value is -2.83. The van der Waals surface area contributed by atoms with Crippen LogP contribution in [0.3, 0.4) is 0 Å². The maximum absolute atomic E-state index is 13.4. The van der Waals surface area contributed by atoms with Crippen molar-refractivity contribution in [2.24, 2.45) is 5.92 Å². The molecule has 186 valence electrons. The molecule has 1 aromatic rings. The zero-order chi connectivity index (χ0) is 24.7. The molecule has 0 bridgehead atoms. The van der Waals surface area contributed by atoms with Crippen molar-refractivity contribution in [1.82, 2.24) is 20.1 Å². The molecule has 9 heteroatoms. The van der Waals surface area contributed by atoms with Crippen LogP contribution in [0.5, 0.6) is 5.88 Å². The number of aliphatic hydroxyl groups is 1. The minimum absolute atomic E-state index is 0.101. The molecule has 3 amide bonds. The fourth-order valence-corrected chi connectivity index (χ4v) is 4.31. The van der Waals surface area contributed by atoms with E-state index in [1.807, 2.05) is 6.92 Å². The maximum atomic E-state index is 13.4. The summed E-state index contributed by atoms with van der Waals surface area (Å²) in [6, 6.07) is 1.38. The molecule has 2 aliphatic rings. The summed E-state index contributed by atoms with van der Waals surface area (Å²) in [6.45, 7) is 4.61. The van der Waals surface area contributed by atoms with Crippen LogP contribution in [0.2, 0.25) is 0 Å². The molecule has 3 atom stereocenters. The van der Waals surface area contributed by atoms with E-state index in [0.717, 1.165) is 25.7 Å². The predicted molar refractivity (Wildman–Crippen MR) is 128 cm³/mol. The number of nitrogens with zero attached hydrogens (tertiary/aromatic N) is 3. The van der Waals surface area contributed by atoms with Gasteiger partial charge in [-0.1, -0.05) is 31.6 Å². The molecule has 0 aromatic carbocycles. The topological polar surface area (TPSA) is 104 Å². The van der Waals surface area contributed by atoms with Gasteiger partial charge < -0.3 is 29.7 Å². The minimum Gasteiger partial charge on any atom is -0.472 e. The highest BCUT2D eigenvalue weighted by Crippen LogP contribution is 2.27. The second-order valence-corrected chi connectivity index (χ2v) is 9.25. The van der Waals surface area contributed by atoms with E-state index in [2.05, 4.69) is 22.1 Å². The molecule has 1 fully saturated rings. The van der Waals surface area contributed by atoms with E-state index in [1.54, 1.807) is 43.1 Å². The first-order valence-electron chi connectivity index (χ1n) is 11.9. The predicted octanol–water partition coefficient (Wildman–Crippen LogP) is 1.88. The number of urea groups is 1. The Bertz CT molecular complexity index is 922. The van der Waals surface area contributed by atoms with Gasteiger partial charge in [0.1, 0.15) is 18.3 Å². The number of ether oxygens (including phenoxy) is 2. The Morgan fingerprint density at radius 1 is 1.44 bits per heavy atom. The summed E-state index contributed by atoms with van der Waals surface area (Å²) < 4.78 is 11.2. The smallest absolute Gasteiger partial charge is 0.317 e. The van der Waals surface area contributed by atoms with Gasteiger partial charge in [0.15, 0.2) is 0 Å². The van der Waals surface area contributed by atoms with E-state index in [0.29, 0.717) is 24.2 Å². The van der Waals surface area contributed by atoms with Crippen LogP contribution >= 0.6 is 0 Å². The first kappa shape index (κ1) is 25.8. The SMILES string of the molecule is COCC#Cc1cnc2c(c1)C(=O)N([C@@H](C)CO)C[C@@H](C)[C@@H](CN(C)C(=O)NC1CCCC1)O2. The number of fused-ring (bicyclic) bond motifs is 1. The third kappa shape index (κ3) is 6.39. The number of carbonyl (C=O) groups is 2. The van der Waals surface area contributed by atoms with Crippen LogP contribution in [0.4, 0.5) is 4.79 Å². The molecule has 0 saturated heterocycles. The van der Waals surface area contributed by atoms with Gasteiger partial charge >= 0.3 is 6.03 Å². The molecule has 0 spiro atoms. The van der Waals surface area contributed by atoms with Gasteiger partial charge in [0, 0.05) is 44.4 Å². The number of aromatic nitrogens is 1. The first-order chi connectivity index (χ1) is 16.3. The zero-order valence-corrected chi connectivity index (χ0v) is 20.5. The summed E-state index contributed by atoms with van der Waals surface area (Å²) in [5.41, 5.74) is 0.863. The van der Waals surface area contributed by atoms with E-state index in [-0.39, 0.29) is 49.0 Å². The second-order valence-electron chi connectivity index (χ2n) is 9.25. The van der Waals surface area contributed by atoms with Crippen LogP contribution in [0, 0.1) is 17.8 Å². The lowest BCUT2D eigenvalue weighted by molar-refractivity contribution is 0.0351. The lowest BCUT2D eigenvalue weighted by Gasteiger charge is -2.37. The number of methoxy groups -OCH3 is 1. The van der Waals surface area contributed by atoms with E-state index < -0.39 is 6.10 Å². The third-order valence-corrected chi connectivity index (χ3v) is 6.45. The van der Waals surface area contributed by atoms with Crippen molar-refractivity contribution in [2.45, 2.75) is 57.7 Å². The van der Waals surface area contributed by atoms with E-state index in [1.165, 1.54) is 0 Å². The molecule has 1 aromatic heterocycles. The van der Waals surface area contributed by atoms with Gasteiger partial charge in [-0.2, -0.15) is 0 Å². The fourth-order valence-electron chi connectivity index (χ4n) is 4.31. The van der Waals surface area contributed by atoms with Gasteiger partial charge in [0.05, 0.1) is 19.2 Å². The van der Waals surface area contributed by atoms with Crippen LogP contribution < -0.4 is 10.1 Å². The third-order valence-electron chi connectivity index (χ3n) is 6.45. The molecule has 1 saturated carbocycles. The van der Waals surface area contributed by atoms with Gasteiger partial charge in [0.2, 0.25) is 5.88 Å². The largest absolute Gasteiger partial charge is 0.472 e. The van der Waals surface area contributed by atoms with E-state index in [9.17, 15) is 14.7 Å². The highest BCUT2D eigenvalue weighted by atomic mass is 16.5. The molecule has 3 rings (SSSR count). The average molecular weight is 473 g/mol. The van der Waals surface area contributed by atoms with Gasteiger partial charge in [-0.15, -0.1) is 0 Å². The minimum atomic E-state index is -0.391. The number of carbonyl (C=O) groups excluding carboxylic acids is 2. The number of nitrogens with one attached hydrogen (secondary N) is 1. The van der Waals surface area contributed by atoms with Gasteiger partial charge in [-0.05, 0) is 25.8 Å². The standard InChI is InChI=1S/C25H36N4O5/c1-17-14-29(18(2)16-30)24(31)21-12-19(8-7-11-33-4)13-26-23(21)34-22(17)15-28(3)25(32)27-20-9-5-6-10-20/h12-13,17-18,20,22,30H,5-6,9-11,14-16H2,1-4H3,(H,27,32)/t17-,18+,22-/m1/s1. The molecular formula is C25H36N4O5. The fraction of sp³-hybridized carbons (Fsp3) is 0.640. The molecule has 34 heavy (non-hydrogen) atoms. The zero-order valence-electron chi connectivity index (χ0n) is 20.5. The van der Waals surface area contributed by atoms with Gasteiger partial charge in [0.25, 0.3) is 5.91 Å². The summed E-state index contributed by atoms with van der Waals surface area (Å²) in [6.07, 6.45) is 5.49. The van der Waals surface area contributed by atoms with Crippen molar-refractivity contribution in [3.63, 3.8) is 0 Å². The van der Waals surface area contributed by atoms with Crippen molar-refractivity contribution in [3.8, 4) is 17.7 Å². The molecule has 1 aliphatic heterocycles. The summed E-state index contributed by atoms with van der Waals surface area (Å²) >= 11 is 0. The Balaban J connectivity index is 1.85. The van der Waals surface area contributed by atoms with Crippen molar-refractivity contribution in [1.29, 1.82) is 0 Å². The quantitative estimate of drug-likeness (QED) is 0.613. The number of hydrogen-bond donors (Lipinski definition) is 2. The summed E-state index contributed by atoms with van der Waals surface area (Å²) in [5.74, 6) is 5.64.